The first kappa shape index (κ1) is 12.1. The Hall–Kier alpha value is -2.37. The third-order valence-electron chi connectivity index (χ3n) is 2.63. The number of carbonyl (C=O) groups excluding carboxylic acids is 1. The molecule has 0 unspecified atom stereocenters. The van der Waals surface area contributed by atoms with Gasteiger partial charge in [0.15, 0.2) is 0 Å². The van der Waals surface area contributed by atoms with E-state index in [4.69, 9.17) is 5.73 Å². The normalized spacial score (nSPS) is 10.3. The van der Waals surface area contributed by atoms with Crippen LogP contribution in [0.15, 0.2) is 30.5 Å². The second-order valence-corrected chi connectivity index (χ2v) is 3.86. The first-order valence-corrected chi connectivity index (χ1v) is 5.38. The van der Waals surface area contributed by atoms with E-state index in [1.54, 1.807) is 16.9 Å². The zero-order valence-corrected chi connectivity index (χ0v) is 9.85. The van der Waals surface area contributed by atoms with Crippen LogP contribution >= 0.6 is 0 Å². The average Bonchev–Trinajstić information content (AvgIpc) is 2.73. The predicted molar refractivity (Wildman–Crippen MR) is 65.5 cm³/mol. The van der Waals surface area contributed by atoms with E-state index in [0.29, 0.717) is 12.2 Å². The molecule has 1 amide bonds. The summed E-state index contributed by atoms with van der Waals surface area (Å²) in [6, 6.07) is 6.03. The van der Waals surface area contributed by atoms with Crippen LogP contribution in [0, 0.1) is 5.82 Å². The van der Waals surface area contributed by atoms with Crippen molar-refractivity contribution in [2.24, 2.45) is 12.8 Å². The van der Waals surface area contributed by atoms with Gasteiger partial charge in [-0.2, -0.15) is 5.10 Å². The predicted octanol–water partition coefficient (Wildman–Crippen LogP) is 1.27. The van der Waals surface area contributed by atoms with Gasteiger partial charge in [0.05, 0.1) is 17.8 Å². The number of nitrogens with one attached hydrogen (secondary N) is 1. The van der Waals surface area contributed by atoms with E-state index in [1.165, 1.54) is 12.1 Å². The molecule has 0 aliphatic heterocycles. The lowest BCUT2D eigenvalue weighted by molar-refractivity contribution is 0.0996. The van der Waals surface area contributed by atoms with Crippen LogP contribution in [0.3, 0.4) is 0 Å². The first-order chi connectivity index (χ1) is 8.58. The van der Waals surface area contributed by atoms with Gasteiger partial charge in [0, 0.05) is 18.9 Å². The molecule has 1 aromatic heterocycles. The summed E-state index contributed by atoms with van der Waals surface area (Å²) in [4.78, 5) is 11.0. The number of nitrogens with zero attached hydrogens (tertiary/aromatic N) is 2. The Morgan fingerprint density at radius 2 is 2.28 bits per heavy atom. The lowest BCUT2D eigenvalue weighted by Crippen LogP contribution is -2.14. The van der Waals surface area contributed by atoms with Gasteiger partial charge in [-0.1, -0.05) is 0 Å². The second-order valence-electron chi connectivity index (χ2n) is 3.86. The van der Waals surface area contributed by atoms with Crippen LogP contribution in [-0.4, -0.2) is 15.7 Å². The van der Waals surface area contributed by atoms with Crippen molar-refractivity contribution in [1.29, 1.82) is 0 Å². The molecule has 6 heteroatoms. The Labute approximate surface area is 103 Å². The Balaban J connectivity index is 2.13. The van der Waals surface area contributed by atoms with E-state index in [1.807, 2.05) is 13.1 Å². The van der Waals surface area contributed by atoms with Gasteiger partial charge in [-0.05, 0) is 24.3 Å². The number of aryl methyl sites for hydroxylation is 1. The number of carbonyl (C=O) groups is 1. The molecule has 0 atom stereocenters. The second kappa shape index (κ2) is 4.87. The number of aromatic nitrogens is 2. The number of nitrogens with two attached hydrogens (primary N) is 1. The van der Waals surface area contributed by atoms with Gasteiger partial charge in [0.25, 0.3) is 5.91 Å². The summed E-state index contributed by atoms with van der Waals surface area (Å²) >= 11 is 0. The molecule has 0 saturated heterocycles. The van der Waals surface area contributed by atoms with Crippen molar-refractivity contribution >= 4 is 11.6 Å². The van der Waals surface area contributed by atoms with Gasteiger partial charge < -0.3 is 11.1 Å². The SMILES string of the molecule is Cn1nccc1CNc1ccc(F)c(C(N)=O)c1. The fourth-order valence-electron chi connectivity index (χ4n) is 1.59. The molecule has 0 fully saturated rings. The molecule has 0 aliphatic carbocycles. The summed E-state index contributed by atoms with van der Waals surface area (Å²) in [5.74, 6) is -1.40. The molecule has 0 saturated carbocycles. The average molecular weight is 248 g/mol. The third kappa shape index (κ3) is 2.48. The number of halogens is 1. The Morgan fingerprint density at radius 1 is 1.50 bits per heavy atom. The molecule has 5 nitrogen and oxygen atoms in total. The molecule has 3 N–H and O–H groups in total. The van der Waals surface area contributed by atoms with Gasteiger partial charge >= 0.3 is 0 Å². The molecule has 94 valence electrons. The topological polar surface area (TPSA) is 72.9 Å². The summed E-state index contributed by atoms with van der Waals surface area (Å²) in [6.45, 7) is 0.528. The van der Waals surface area contributed by atoms with Gasteiger partial charge in [0.1, 0.15) is 5.82 Å². The van der Waals surface area contributed by atoms with Crippen LogP contribution in [0.4, 0.5) is 10.1 Å². The van der Waals surface area contributed by atoms with Gasteiger partial charge in [0.2, 0.25) is 0 Å². The number of amides is 1. The minimum Gasteiger partial charge on any atom is -0.379 e. The number of hydrogen-bond acceptors (Lipinski definition) is 3. The molecule has 0 radical (unpaired) electrons. The van der Waals surface area contributed by atoms with Gasteiger partial charge in [-0.15, -0.1) is 0 Å². The molecule has 2 aromatic rings. The highest BCUT2D eigenvalue weighted by Gasteiger charge is 2.09. The molecular weight excluding hydrogens is 235 g/mol. The van der Waals surface area contributed by atoms with Crippen molar-refractivity contribution < 1.29 is 9.18 Å². The van der Waals surface area contributed by atoms with E-state index in [9.17, 15) is 9.18 Å². The quantitative estimate of drug-likeness (QED) is 0.855. The lowest BCUT2D eigenvalue weighted by Gasteiger charge is -2.08. The molecule has 1 heterocycles. The lowest BCUT2D eigenvalue weighted by atomic mass is 10.2. The van der Waals surface area contributed by atoms with Crippen molar-refractivity contribution in [3.63, 3.8) is 0 Å². The Bertz CT molecular complexity index is 579. The minimum atomic E-state index is -0.781. The van der Waals surface area contributed by atoms with Crippen molar-refractivity contribution in [3.8, 4) is 0 Å². The molecule has 0 spiro atoms. The summed E-state index contributed by atoms with van der Waals surface area (Å²) in [5, 5.41) is 7.11. The van der Waals surface area contributed by atoms with E-state index in [-0.39, 0.29) is 5.56 Å². The minimum absolute atomic E-state index is 0.120. The van der Waals surface area contributed by atoms with Crippen molar-refractivity contribution in [1.82, 2.24) is 9.78 Å². The van der Waals surface area contributed by atoms with E-state index >= 15 is 0 Å². The molecule has 0 aliphatic rings. The zero-order valence-electron chi connectivity index (χ0n) is 9.85. The van der Waals surface area contributed by atoms with Crippen LogP contribution in [0.5, 0.6) is 0 Å². The molecule has 18 heavy (non-hydrogen) atoms. The standard InChI is InChI=1S/C12H13FN4O/c1-17-9(4-5-16-17)7-15-8-2-3-11(13)10(6-8)12(14)18/h2-6,15H,7H2,1H3,(H2,14,18). The monoisotopic (exact) mass is 248 g/mol. The molecule has 1 aromatic carbocycles. The van der Waals surface area contributed by atoms with Gasteiger partial charge in [-0.3, -0.25) is 9.48 Å². The summed E-state index contributed by atoms with van der Waals surface area (Å²) in [7, 11) is 1.83. The molecule has 2 rings (SSSR count). The largest absolute Gasteiger partial charge is 0.379 e. The van der Waals surface area contributed by atoms with Crippen molar-refractivity contribution in [3.05, 3.63) is 47.5 Å². The maximum Gasteiger partial charge on any atom is 0.251 e. The number of hydrogen-bond donors (Lipinski definition) is 2. The van der Waals surface area contributed by atoms with Crippen molar-refractivity contribution in [2.45, 2.75) is 6.54 Å². The fraction of sp³-hybridized carbons (Fsp3) is 0.167. The maximum atomic E-state index is 13.3. The summed E-state index contributed by atoms with van der Waals surface area (Å²) in [6.07, 6.45) is 1.69. The van der Waals surface area contributed by atoms with Crippen LogP contribution in [0.1, 0.15) is 16.1 Å². The number of rotatable bonds is 4. The van der Waals surface area contributed by atoms with Gasteiger partial charge in [-0.25, -0.2) is 4.39 Å². The number of anilines is 1. The molecule has 0 bridgehead atoms. The van der Waals surface area contributed by atoms with Crippen LogP contribution in [0.2, 0.25) is 0 Å². The van der Waals surface area contributed by atoms with Crippen LogP contribution < -0.4 is 11.1 Å². The summed E-state index contributed by atoms with van der Waals surface area (Å²) in [5.41, 5.74) is 6.56. The Kier molecular flexibility index (Phi) is 3.27. The third-order valence-corrected chi connectivity index (χ3v) is 2.63. The zero-order chi connectivity index (χ0) is 13.1. The highest BCUT2D eigenvalue weighted by Crippen LogP contribution is 2.15. The van der Waals surface area contributed by atoms with Crippen molar-refractivity contribution in [2.75, 3.05) is 5.32 Å². The summed E-state index contributed by atoms with van der Waals surface area (Å²) < 4.78 is 15.0. The van der Waals surface area contributed by atoms with E-state index in [2.05, 4.69) is 10.4 Å². The number of primary amides is 1. The Morgan fingerprint density at radius 3 is 2.89 bits per heavy atom. The highest BCUT2D eigenvalue weighted by atomic mass is 19.1. The highest BCUT2D eigenvalue weighted by molar-refractivity contribution is 5.94. The fourth-order valence-corrected chi connectivity index (χ4v) is 1.59. The van der Waals surface area contributed by atoms with Crippen LogP contribution in [-0.2, 0) is 13.6 Å². The van der Waals surface area contributed by atoms with Crippen LogP contribution in [0.25, 0.3) is 0 Å². The smallest absolute Gasteiger partial charge is 0.251 e. The number of benzene rings is 1. The van der Waals surface area contributed by atoms with E-state index < -0.39 is 11.7 Å². The molecular formula is C12H13FN4O. The maximum absolute atomic E-state index is 13.3. The first-order valence-electron chi connectivity index (χ1n) is 5.38. The van der Waals surface area contributed by atoms with E-state index in [0.717, 1.165) is 5.69 Å².